The molecule has 2 aromatic carbocycles. The van der Waals surface area contributed by atoms with Gasteiger partial charge in [0.25, 0.3) is 5.91 Å². The van der Waals surface area contributed by atoms with Gasteiger partial charge in [0.15, 0.2) is 0 Å². The maximum absolute atomic E-state index is 12.7. The Bertz CT molecular complexity index is 1150. The average molecular weight is 457 g/mol. The van der Waals surface area contributed by atoms with Crippen LogP contribution in [0.25, 0.3) is 16.7 Å². The van der Waals surface area contributed by atoms with Crippen LogP contribution in [0.3, 0.4) is 0 Å². The number of methoxy groups -OCH3 is 1. The third kappa shape index (κ3) is 7.04. The summed E-state index contributed by atoms with van der Waals surface area (Å²) < 4.78 is 5.09. The second-order valence-corrected chi connectivity index (χ2v) is 8.40. The van der Waals surface area contributed by atoms with Gasteiger partial charge in [0.1, 0.15) is 0 Å². The molecule has 1 amide bonds. The molecule has 1 aromatic heterocycles. The van der Waals surface area contributed by atoms with Gasteiger partial charge in [-0.05, 0) is 58.7 Å². The van der Waals surface area contributed by atoms with Gasteiger partial charge < -0.3 is 10.1 Å². The second kappa shape index (κ2) is 12.6. The smallest absolute Gasteiger partial charge is 0.251 e. The van der Waals surface area contributed by atoms with E-state index < -0.39 is 0 Å². The van der Waals surface area contributed by atoms with Crippen molar-refractivity contribution < 1.29 is 9.53 Å². The lowest BCUT2D eigenvalue weighted by atomic mass is 9.99. The normalized spacial score (nSPS) is 11.1. The highest BCUT2D eigenvalue weighted by atomic mass is 32.2. The largest absolute Gasteiger partial charge is 0.384 e. The van der Waals surface area contributed by atoms with E-state index in [2.05, 4.69) is 35.6 Å². The standard InChI is InChI=1S/C28H28N2O2S/c1-4-8-21(5-2)22-9-6-10-23(17-22)24-13-14-29-26(18-24)20-30-28(31)25-11-7-12-27(19-25)33-16-15-32-3/h4-14,17-19H,1-2,15-16,20H2,3H3,(H,30,31)/b21-8+. The fourth-order valence-corrected chi connectivity index (χ4v) is 4.16. The van der Waals surface area contributed by atoms with E-state index >= 15 is 0 Å². The van der Waals surface area contributed by atoms with Crippen molar-refractivity contribution in [2.24, 2.45) is 0 Å². The third-order valence-corrected chi connectivity index (χ3v) is 5.90. The number of carbonyl (C=O) groups is 1. The molecule has 0 atom stereocenters. The van der Waals surface area contributed by atoms with Gasteiger partial charge in [0, 0.05) is 29.5 Å². The van der Waals surface area contributed by atoms with Gasteiger partial charge in [-0.15, -0.1) is 11.8 Å². The molecule has 168 valence electrons. The van der Waals surface area contributed by atoms with Crippen molar-refractivity contribution in [1.29, 1.82) is 0 Å². The molecular formula is C28H28N2O2S. The van der Waals surface area contributed by atoms with E-state index in [1.54, 1.807) is 31.1 Å². The summed E-state index contributed by atoms with van der Waals surface area (Å²) in [6.07, 6.45) is 7.28. The minimum atomic E-state index is -0.122. The van der Waals surface area contributed by atoms with Crippen LogP contribution in [0, 0.1) is 0 Å². The fourth-order valence-electron chi connectivity index (χ4n) is 3.28. The maximum atomic E-state index is 12.7. The number of benzene rings is 2. The molecule has 0 spiro atoms. The van der Waals surface area contributed by atoms with Crippen molar-refractivity contribution in [3.05, 3.63) is 115 Å². The molecule has 33 heavy (non-hydrogen) atoms. The first-order chi connectivity index (χ1) is 16.1. The Balaban J connectivity index is 1.69. The van der Waals surface area contributed by atoms with Crippen LogP contribution < -0.4 is 5.32 Å². The van der Waals surface area contributed by atoms with Gasteiger partial charge in [0.05, 0.1) is 18.8 Å². The van der Waals surface area contributed by atoms with Gasteiger partial charge in [-0.1, -0.05) is 55.7 Å². The molecule has 0 radical (unpaired) electrons. The van der Waals surface area contributed by atoms with Crippen molar-refractivity contribution in [2.75, 3.05) is 19.5 Å². The van der Waals surface area contributed by atoms with Crippen LogP contribution in [0.2, 0.25) is 0 Å². The quantitative estimate of drug-likeness (QED) is 0.213. The summed E-state index contributed by atoms with van der Waals surface area (Å²) in [5.41, 5.74) is 5.61. The van der Waals surface area contributed by atoms with Crippen molar-refractivity contribution in [2.45, 2.75) is 11.4 Å². The zero-order valence-corrected chi connectivity index (χ0v) is 19.6. The summed E-state index contributed by atoms with van der Waals surface area (Å²) in [4.78, 5) is 18.1. The molecule has 0 aliphatic heterocycles. The van der Waals surface area contributed by atoms with E-state index in [0.717, 1.165) is 38.6 Å². The number of amides is 1. The van der Waals surface area contributed by atoms with E-state index in [0.29, 0.717) is 18.7 Å². The van der Waals surface area contributed by atoms with Crippen LogP contribution in [0.4, 0.5) is 0 Å². The van der Waals surface area contributed by atoms with Crippen LogP contribution >= 0.6 is 11.8 Å². The molecule has 1 N–H and O–H groups in total. The first kappa shape index (κ1) is 24.2. The number of nitrogens with zero attached hydrogens (tertiary/aromatic N) is 1. The number of aromatic nitrogens is 1. The summed E-state index contributed by atoms with van der Waals surface area (Å²) in [5.74, 6) is 0.723. The molecular weight excluding hydrogens is 428 g/mol. The van der Waals surface area contributed by atoms with Gasteiger partial charge in [-0.25, -0.2) is 0 Å². The molecule has 3 aromatic rings. The van der Waals surface area contributed by atoms with Gasteiger partial charge in [0.2, 0.25) is 0 Å². The number of nitrogens with one attached hydrogen (secondary N) is 1. The molecule has 0 saturated heterocycles. The molecule has 4 nitrogen and oxygen atoms in total. The topological polar surface area (TPSA) is 51.2 Å². The monoisotopic (exact) mass is 456 g/mol. The van der Waals surface area contributed by atoms with Gasteiger partial charge >= 0.3 is 0 Å². The summed E-state index contributed by atoms with van der Waals surface area (Å²) in [7, 11) is 1.68. The van der Waals surface area contributed by atoms with Crippen LogP contribution in [-0.2, 0) is 11.3 Å². The summed E-state index contributed by atoms with van der Waals surface area (Å²) in [5, 5.41) is 2.98. The van der Waals surface area contributed by atoms with E-state index in [4.69, 9.17) is 4.74 Å². The van der Waals surface area contributed by atoms with E-state index in [-0.39, 0.29) is 5.91 Å². The number of allylic oxidation sites excluding steroid dienone is 4. The summed E-state index contributed by atoms with van der Waals surface area (Å²) in [6.45, 7) is 8.68. The number of hydrogen-bond donors (Lipinski definition) is 1. The number of thioether (sulfide) groups is 1. The van der Waals surface area contributed by atoms with Gasteiger partial charge in [-0.2, -0.15) is 0 Å². The molecule has 3 rings (SSSR count). The van der Waals surface area contributed by atoms with Crippen LogP contribution in [-0.4, -0.2) is 30.4 Å². The second-order valence-electron chi connectivity index (χ2n) is 7.23. The molecule has 0 saturated carbocycles. The van der Waals surface area contributed by atoms with Crippen LogP contribution in [0.5, 0.6) is 0 Å². The zero-order valence-electron chi connectivity index (χ0n) is 18.8. The number of ether oxygens (including phenoxy) is 1. The van der Waals surface area contributed by atoms with Crippen molar-refractivity contribution >= 4 is 23.2 Å². The zero-order chi connectivity index (χ0) is 23.5. The van der Waals surface area contributed by atoms with Crippen molar-refractivity contribution in [3.8, 4) is 11.1 Å². The minimum Gasteiger partial charge on any atom is -0.384 e. The highest BCUT2D eigenvalue weighted by molar-refractivity contribution is 7.99. The first-order valence-electron chi connectivity index (χ1n) is 10.7. The predicted octanol–water partition coefficient (Wildman–Crippen LogP) is 6.17. The van der Waals surface area contributed by atoms with E-state index in [1.165, 1.54) is 0 Å². The minimum absolute atomic E-state index is 0.122. The number of pyridine rings is 1. The van der Waals surface area contributed by atoms with Crippen LogP contribution in [0.1, 0.15) is 21.6 Å². The lowest BCUT2D eigenvalue weighted by Crippen LogP contribution is -2.23. The molecule has 0 bridgehead atoms. The molecule has 5 heteroatoms. The Morgan fingerprint density at radius 2 is 1.85 bits per heavy atom. The average Bonchev–Trinajstić information content (AvgIpc) is 2.86. The van der Waals surface area contributed by atoms with Crippen molar-refractivity contribution in [3.63, 3.8) is 0 Å². The molecule has 0 aliphatic carbocycles. The Labute approximate surface area is 200 Å². The van der Waals surface area contributed by atoms with Gasteiger partial charge in [-0.3, -0.25) is 9.78 Å². The molecule has 0 unspecified atom stereocenters. The number of carbonyl (C=O) groups excluding carboxylic acids is 1. The Morgan fingerprint density at radius 3 is 2.64 bits per heavy atom. The van der Waals surface area contributed by atoms with E-state index in [9.17, 15) is 4.79 Å². The number of rotatable bonds is 11. The first-order valence-corrected chi connectivity index (χ1v) is 11.6. The lowest BCUT2D eigenvalue weighted by molar-refractivity contribution is 0.0950. The Morgan fingerprint density at radius 1 is 1.06 bits per heavy atom. The number of hydrogen-bond acceptors (Lipinski definition) is 4. The molecule has 1 heterocycles. The van der Waals surface area contributed by atoms with Crippen molar-refractivity contribution in [1.82, 2.24) is 10.3 Å². The lowest BCUT2D eigenvalue weighted by Gasteiger charge is -2.09. The molecule has 0 fully saturated rings. The molecule has 0 aliphatic rings. The fraction of sp³-hybridized carbons (Fsp3) is 0.143. The summed E-state index contributed by atoms with van der Waals surface area (Å²) >= 11 is 1.67. The third-order valence-electron chi connectivity index (χ3n) is 4.95. The highest BCUT2D eigenvalue weighted by Gasteiger charge is 2.08. The van der Waals surface area contributed by atoms with E-state index in [1.807, 2.05) is 60.7 Å². The maximum Gasteiger partial charge on any atom is 0.251 e. The Kier molecular flexibility index (Phi) is 9.24. The summed E-state index contributed by atoms with van der Waals surface area (Å²) in [6, 6.07) is 19.8. The highest BCUT2D eigenvalue weighted by Crippen LogP contribution is 2.25. The van der Waals surface area contributed by atoms with Crippen LogP contribution in [0.15, 0.2) is 103 Å². The predicted molar refractivity (Wildman–Crippen MR) is 138 cm³/mol. The Hall–Kier alpha value is -3.41. The SMILES string of the molecule is C=C/C=C(\C=C)c1cccc(-c2ccnc(CNC(=O)c3cccc(SCCOC)c3)c2)c1.